The molecule has 0 aromatic carbocycles. The Kier molecular flexibility index (Phi) is 4.11. The van der Waals surface area contributed by atoms with Gasteiger partial charge in [0.1, 0.15) is 0 Å². The summed E-state index contributed by atoms with van der Waals surface area (Å²) in [5.74, 6) is -1.65. The van der Waals surface area contributed by atoms with Crippen molar-refractivity contribution in [2.24, 2.45) is 0 Å². The van der Waals surface area contributed by atoms with E-state index in [1.165, 1.54) is 6.07 Å². The van der Waals surface area contributed by atoms with Crippen LogP contribution in [0.15, 0.2) is 12.1 Å². The third-order valence-corrected chi connectivity index (χ3v) is 2.03. The molecule has 0 radical (unpaired) electrons. The number of halogens is 2. The molecular formula is C10H14F2N2O. The molecule has 1 aromatic heterocycles. The molecule has 0 aliphatic carbocycles. The Morgan fingerprint density at radius 3 is 2.60 bits per heavy atom. The van der Waals surface area contributed by atoms with Gasteiger partial charge in [-0.3, -0.25) is 0 Å². The molecule has 5 heteroatoms. The zero-order chi connectivity index (χ0) is 11.4. The fourth-order valence-corrected chi connectivity index (χ4v) is 1.20. The van der Waals surface area contributed by atoms with Crippen LogP contribution in [0.4, 0.5) is 8.78 Å². The largest absolute Gasteiger partial charge is 0.392 e. The van der Waals surface area contributed by atoms with Crippen molar-refractivity contribution in [2.75, 3.05) is 6.54 Å². The molecule has 1 heterocycles. The van der Waals surface area contributed by atoms with E-state index in [0.717, 1.165) is 6.07 Å². The molecule has 1 aromatic rings. The molecule has 0 saturated heterocycles. The van der Waals surface area contributed by atoms with E-state index < -0.39 is 18.0 Å². The van der Waals surface area contributed by atoms with Crippen molar-refractivity contribution >= 4 is 0 Å². The summed E-state index contributed by atoms with van der Waals surface area (Å²) < 4.78 is 25.7. The fraction of sp³-hybridized carbons (Fsp3) is 0.500. The summed E-state index contributed by atoms with van der Waals surface area (Å²) in [5, 5.41) is 11.9. The van der Waals surface area contributed by atoms with Gasteiger partial charge in [-0.2, -0.15) is 13.8 Å². The van der Waals surface area contributed by atoms with Crippen molar-refractivity contribution in [3.63, 3.8) is 0 Å². The van der Waals surface area contributed by atoms with Gasteiger partial charge < -0.3 is 10.4 Å². The number of nitrogens with one attached hydrogen (secondary N) is 1. The van der Waals surface area contributed by atoms with E-state index in [9.17, 15) is 8.78 Å². The molecule has 0 fully saturated rings. The normalized spacial score (nSPS) is 15.0. The highest BCUT2D eigenvalue weighted by Crippen LogP contribution is 2.14. The molecule has 84 valence electrons. The Balaban J connectivity index is 2.69. The lowest BCUT2D eigenvalue weighted by molar-refractivity contribution is 0.187. The van der Waals surface area contributed by atoms with E-state index in [0.29, 0.717) is 6.54 Å². The summed E-state index contributed by atoms with van der Waals surface area (Å²) in [6.45, 7) is 3.69. The van der Waals surface area contributed by atoms with Crippen LogP contribution < -0.4 is 5.32 Å². The van der Waals surface area contributed by atoms with Crippen LogP contribution >= 0.6 is 0 Å². The summed E-state index contributed by atoms with van der Waals surface area (Å²) in [5.41, 5.74) is 0.289. The van der Waals surface area contributed by atoms with Crippen LogP contribution in [-0.2, 0) is 0 Å². The first kappa shape index (κ1) is 12.0. The number of aliphatic hydroxyl groups excluding tert-OH is 1. The van der Waals surface area contributed by atoms with E-state index in [1.807, 2.05) is 0 Å². The fourth-order valence-electron chi connectivity index (χ4n) is 1.20. The SMILES string of the molecule is CC(O)CN[C@@H](C)c1ccc(F)nc1F. The second-order valence-electron chi connectivity index (χ2n) is 3.49. The van der Waals surface area contributed by atoms with Crippen LogP contribution in [0.2, 0.25) is 0 Å². The molecule has 0 saturated carbocycles. The average molecular weight is 216 g/mol. The number of hydrogen-bond acceptors (Lipinski definition) is 3. The van der Waals surface area contributed by atoms with Gasteiger partial charge in [-0.15, -0.1) is 0 Å². The molecule has 0 bridgehead atoms. The third-order valence-electron chi connectivity index (χ3n) is 2.03. The minimum atomic E-state index is -0.834. The Morgan fingerprint density at radius 1 is 1.40 bits per heavy atom. The number of aromatic nitrogens is 1. The van der Waals surface area contributed by atoms with Crippen LogP contribution in [-0.4, -0.2) is 22.7 Å². The van der Waals surface area contributed by atoms with Crippen LogP contribution in [0.1, 0.15) is 25.5 Å². The van der Waals surface area contributed by atoms with Gasteiger partial charge >= 0.3 is 0 Å². The van der Waals surface area contributed by atoms with Gasteiger partial charge in [-0.25, -0.2) is 0 Å². The summed E-state index contributed by atoms with van der Waals surface area (Å²) >= 11 is 0. The van der Waals surface area contributed by atoms with Gasteiger partial charge in [-0.1, -0.05) is 0 Å². The van der Waals surface area contributed by atoms with Gasteiger partial charge in [0, 0.05) is 18.2 Å². The molecule has 2 atom stereocenters. The standard InChI is InChI=1S/C10H14F2N2O/c1-6(15)5-13-7(2)8-3-4-9(11)14-10(8)12/h3-4,6-7,13,15H,5H2,1-2H3/t6?,7-/m0/s1. The van der Waals surface area contributed by atoms with Gasteiger partial charge in [0.25, 0.3) is 0 Å². The average Bonchev–Trinajstić information content (AvgIpc) is 2.14. The number of nitrogens with zero attached hydrogens (tertiary/aromatic N) is 1. The van der Waals surface area contributed by atoms with Crippen molar-refractivity contribution in [1.82, 2.24) is 10.3 Å². The zero-order valence-electron chi connectivity index (χ0n) is 8.67. The minimum absolute atomic E-state index is 0.289. The summed E-state index contributed by atoms with van der Waals surface area (Å²) in [7, 11) is 0. The third kappa shape index (κ3) is 3.53. The highest BCUT2D eigenvalue weighted by atomic mass is 19.1. The zero-order valence-corrected chi connectivity index (χ0v) is 8.67. The molecule has 2 N–H and O–H groups in total. The molecule has 0 spiro atoms. The van der Waals surface area contributed by atoms with Gasteiger partial charge in [0.05, 0.1) is 6.10 Å². The topological polar surface area (TPSA) is 45.1 Å². The number of pyridine rings is 1. The first-order valence-corrected chi connectivity index (χ1v) is 4.74. The summed E-state index contributed by atoms with van der Waals surface area (Å²) in [4.78, 5) is 3.09. The van der Waals surface area contributed by atoms with Gasteiger partial charge in [-0.05, 0) is 26.0 Å². The Bertz CT molecular complexity index is 331. The highest BCUT2D eigenvalue weighted by Gasteiger charge is 2.12. The number of aliphatic hydroxyl groups is 1. The number of hydrogen-bond donors (Lipinski definition) is 2. The lowest BCUT2D eigenvalue weighted by Crippen LogP contribution is -2.27. The van der Waals surface area contributed by atoms with E-state index in [-0.39, 0.29) is 11.6 Å². The molecular weight excluding hydrogens is 202 g/mol. The maximum Gasteiger partial charge on any atom is 0.220 e. The predicted octanol–water partition coefficient (Wildman–Crippen LogP) is 1.39. The van der Waals surface area contributed by atoms with Crippen molar-refractivity contribution in [3.05, 3.63) is 29.6 Å². The summed E-state index contributed by atoms with van der Waals surface area (Å²) in [6, 6.07) is 2.14. The molecule has 0 amide bonds. The van der Waals surface area contributed by atoms with Crippen LogP contribution in [0.5, 0.6) is 0 Å². The van der Waals surface area contributed by atoms with Crippen molar-refractivity contribution in [2.45, 2.75) is 26.0 Å². The van der Waals surface area contributed by atoms with Gasteiger partial charge in [0.15, 0.2) is 0 Å². The van der Waals surface area contributed by atoms with E-state index in [2.05, 4.69) is 10.3 Å². The maximum absolute atomic E-state index is 13.2. The lowest BCUT2D eigenvalue weighted by Gasteiger charge is -2.15. The Labute approximate surface area is 87.2 Å². The first-order valence-electron chi connectivity index (χ1n) is 4.74. The van der Waals surface area contributed by atoms with E-state index >= 15 is 0 Å². The predicted molar refractivity (Wildman–Crippen MR) is 52.3 cm³/mol. The summed E-state index contributed by atoms with van der Waals surface area (Å²) in [6.07, 6.45) is -0.510. The molecule has 3 nitrogen and oxygen atoms in total. The van der Waals surface area contributed by atoms with Crippen molar-refractivity contribution in [3.8, 4) is 0 Å². The first-order chi connectivity index (χ1) is 7.00. The van der Waals surface area contributed by atoms with Crippen LogP contribution in [0.25, 0.3) is 0 Å². The van der Waals surface area contributed by atoms with Crippen molar-refractivity contribution in [1.29, 1.82) is 0 Å². The molecule has 0 aliphatic heterocycles. The number of rotatable bonds is 4. The molecule has 1 unspecified atom stereocenters. The monoisotopic (exact) mass is 216 g/mol. The van der Waals surface area contributed by atoms with Crippen LogP contribution in [0.3, 0.4) is 0 Å². The molecule has 15 heavy (non-hydrogen) atoms. The second kappa shape index (κ2) is 5.14. The smallest absolute Gasteiger partial charge is 0.220 e. The maximum atomic E-state index is 13.2. The van der Waals surface area contributed by atoms with Crippen molar-refractivity contribution < 1.29 is 13.9 Å². The highest BCUT2D eigenvalue weighted by molar-refractivity contribution is 5.15. The van der Waals surface area contributed by atoms with E-state index in [1.54, 1.807) is 13.8 Å². The Hall–Kier alpha value is -1.07. The quantitative estimate of drug-likeness (QED) is 0.747. The molecule has 1 rings (SSSR count). The minimum Gasteiger partial charge on any atom is -0.392 e. The second-order valence-corrected chi connectivity index (χ2v) is 3.49. The Morgan fingerprint density at radius 2 is 2.07 bits per heavy atom. The molecule has 0 aliphatic rings. The van der Waals surface area contributed by atoms with Gasteiger partial charge in [0.2, 0.25) is 11.9 Å². The van der Waals surface area contributed by atoms with Crippen LogP contribution in [0, 0.1) is 11.9 Å². The lowest BCUT2D eigenvalue weighted by atomic mass is 10.1. The van der Waals surface area contributed by atoms with E-state index in [4.69, 9.17) is 5.11 Å².